The molecule has 3 aromatic rings. The molecular formula is C24H26FN3O3. The molecule has 1 amide bonds. The zero-order valence-electron chi connectivity index (χ0n) is 17.5. The van der Waals surface area contributed by atoms with E-state index in [1.165, 1.54) is 16.7 Å². The first-order valence-corrected chi connectivity index (χ1v) is 10.8. The fraction of sp³-hybridized carbons (Fsp3) is 0.375. The summed E-state index contributed by atoms with van der Waals surface area (Å²) in [5, 5.41) is 3.48. The van der Waals surface area contributed by atoms with E-state index in [9.17, 15) is 18.8 Å². The largest absolute Gasteiger partial charge is 0.347 e. The van der Waals surface area contributed by atoms with Crippen molar-refractivity contribution in [2.24, 2.45) is 5.92 Å². The van der Waals surface area contributed by atoms with Crippen LogP contribution in [0.25, 0.3) is 10.9 Å². The Morgan fingerprint density at radius 3 is 2.42 bits per heavy atom. The summed E-state index contributed by atoms with van der Waals surface area (Å²) in [5.74, 6) is -0.359. The molecule has 4 rings (SSSR count). The molecule has 162 valence electrons. The van der Waals surface area contributed by atoms with Gasteiger partial charge in [0.05, 0.1) is 16.9 Å². The molecule has 0 radical (unpaired) electrons. The number of nitrogens with one attached hydrogen (secondary N) is 1. The van der Waals surface area contributed by atoms with E-state index >= 15 is 0 Å². The summed E-state index contributed by atoms with van der Waals surface area (Å²) in [6, 6.07) is 12.8. The maximum absolute atomic E-state index is 13.4. The van der Waals surface area contributed by atoms with Crippen LogP contribution in [0, 0.1) is 11.7 Å². The van der Waals surface area contributed by atoms with Crippen LogP contribution in [0.4, 0.5) is 4.39 Å². The molecule has 2 aromatic carbocycles. The third kappa shape index (κ3) is 4.17. The van der Waals surface area contributed by atoms with Gasteiger partial charge < -0.3 is 5.32 Å². The molecule has 1 saturated carbocycles. The Kier molecular flexibility index (Phi) is 6.02. The summed E-state index contributed by atoms with van der Waals surface area (Å²) in [6.45, 7) is 1.76. The fourth-order valence-corrected chi connectivity index (χ4v) is 4.60. The van der Waals surface area contributed by atoms with Crippen molar-refractivity contribution in [2.45, 2.75) is 51.7 Å². The van der Waals surface area contributed by atoms with Crippen LogP contribution < -0.4 is 16.6 Å². The first kappa shape index (κ1) is 21.0. The smallest absolute Gasteiger partial charge is 0.331 e. The Labute approximate surface area is 179 Å². The third-order valence-electron chi connectivity index (χ3n) is 6.17. The predicted octanol–water partition coefficient (Wildman–Crippen LogP) is 3.37. The Balaban J connectivity index is 1.67. The summed E-state index contributed by atoms with van der Waals surface area (Å²) in [7, 11) is 0. The molecule has 0 saturated heterocycles. The minimum Gasteiger partial charge on any atom is -0.347 e. The van der Waals surface area contributed by atoms with Crippen molar-refractivity contribution in [3.05, 3.63) is 80.7 Å². The zero-order valence-corrected chi connectivity index (χ0v) is 17.5. The van der Waals surface area contributed by atoms with Crippen LogP contribution in [0.15, 0.2) is 58.1 Å². The predicted molar refractivity (Wildman–Crippen MR) is 117 cm³/mol. The van der Waals surface area contributed by atoms with Gasteiger partial charge in [-0.1, -0.05) is 37.1 Å². The van der Waals surface area contributed by atoms with Gasteiger partial charge in [0, 0.05) is 6.54 Å². The van der Waals surface area contributed by atoms with Gasteiger partial charge in [0.15, 0.2) is 0 Å². The van der Waals surface area contributed by atoms with E-state index in [0.29, 0.717) is 10.9 Å². The van der Waals surface area contributed by atoms with Crippen LogP contribution in [0.1, 0.15) is 44.2 Å². The second kappa shape index (κ2) is 8.88. The summed E-state index contributed by atoms with van der Waals surface area (Å²) < 4.78 is 15.9. The number of benzene rings is 2. The van der Waals surface area contributed by atoms with Crippen molar-refractivity contribution in [1.82, 2.24) is 14.5 Å². The Bertz CT molecular complexity index is 1210. The summed E-state index contributed by atoms with van der Waals surface area (Å²) in [6.07, 6.45) is 4.19. The van der Waals surface area contributed by atoms with Crippen LogP contribution in [-0.4, -0.2) is 15.0 Å². The van der Waals surface area contributed by atoms with Crippen LogP contribution in [0.3, 0.4) is 0 Å². The van der Waals surface area contributed by atoms with E-state index < -0.39 is 5.69 Å². The number of halogens is 1. The van der Waals surface area contributed by atoms with Gasteiger partial charge in [-0.05, 0) is 55.5 Å². The molecule has 0 unspecified atom stereocenters. The molecule has 1 heterocycles. The number of rotatable bonds is 6. The maximum atomic E-state index is 13.4. The van der Waals surface area contributed by atoms with Crippen molar-refractivity contribution < 1.29 is 9.18 Å². The number of aromatic nitrogens is 2. The normalized spacial score (nSPS) is 15.3. The van der Waals surface area contributed by atoms with Gasteiger partial charge in [-0.15, -0.1) is 0 Å². The van der Waals surface area contributed by atoms with Gasteiger partial charge in [0.25, 0.3) is 5.56 Å². The second-order valence-corrected chi connectivity index (χ2v) is 8.08. The number of nitrogens with zero attached hydrogens (tertiary/aromatic N) is 2. The number of amides is 1. The lowest BCUT2D eigenvalue weighted by atomic mass is 9.91. The first-order valence-electron chi connectivity index (χ1n) is 10.8. The molecule has 31 heavy (non-hydrogen) atoms. The molecule has 0 aliphatic heterocycles. The quantitative estimate of drug-likeness (QED) is 0.661. The molecule has 7 heteroatoms. The monoisotopic (exact) mass is 423 g/mol. The van der Waals surface area contributed by atoms with E-state index in [2.05, 4.69) is 5.32 Å². The molecule has 1 atom stereocenters. The Hall–Kier alpha value is -3.22. The molecule has 0 bridgehead atoms. The maximum Gasteiger partial charge on any atom is 0.331 e. The van der Waals surface area contributed by atoms with Crippen molar-refractivity contribution in [2.75, 3.05) is 0 Å². The van der Waals surface area contributed by atoms with Crippen LogP contribution in [0.2, 0.25) is 0 Å². The number of fused-ring (bicyclic) bond motifs is 1. The summed E-state index contributed by atoms with van der Waals surface area (Å²) in [4.78, 5) is 38.6. The molecule has 1 aliphatic carbocycles. The van der Waals surface area contributed by atoms with Crippen LogP contribution in [0.5, 0.6) is 0 Å². The average molecular weight is 423 g/mol. The lowest BCUT2D eigenvalue weighted by molar-refractivity contribution is -0.122. The first-order chi connectivity index (χ1) is 15.0. The fourth-order valence-electron chi connectivity index (χ4n) is 4.60. The number of carbonyl (C=O) groups is 1. The van der Waals surface area contributed by atoms with Gasteiger partial charge in [0.1, 0.15) is 12.4 Å². The SMILES string of the molecule is CCn1c(=O)c2ccccc2n(CC(=O)N[C@@H](c2ccc(F)cc2)C2CCCC2)c1=O. The molecule has 1 aromatic heterocycles. The van der Waals surface area contributed by atoms with Gasteiger partial charge in [0.2, 0.25) is 5.91 Å². The molecule has 6 nitrogen and oxygen atoms in total. The number of hydrogen-bond acceptors (Lipinski definition) is 3. The number of para-hydroxylation sites is 1. The van der Waals surface area contributed by atoms with E-state index in [0.717, 1.165) is 35.8 Å². The van der Waals surface area contributed by atoms with Crippen molar-refractivity contribution in [3.63, 3.8) is 0 Å². The lowest BCUT2D eigenvalue weighted by Crippen LogP contribution is -2.43. The minimum absolute atomic E-state index is 0.190. The summed E-state index contributed by atoms with van der Waals surface area (Å²) >= 11 is 0. The standard InChI is InChI=1S/C24H26FN3O3/c1-2-27-23(30)19-9-5-6-10-20(19)28(24(27)31)15-21(29)26-22(16-7-3-4-8-16)17-11-13-18(25)14-12-17/h5-6,9-14,16,22H,2-4,7-8,15H2,1H3,(H,26,29)/t22-/m1/s1. The van der Waals surface area contributed by atoms with Crippen molar-refractivity contribution >= 4 is 16.8 Å². The second-order valence-electron chi connectivity index (χ2n) is 8.08. The molecule has 0 spiro atoms. The van der Waals surface area contributed by atoms with Gasteiger partial charge in [-0.25, -0.2) is 9.18 Å². The average Bonchev–Trinajstić information content (AvgIpc) is 3.31. The van der Waals surface area contributed by atoms with Crippen molar-refractivity contribution in [3.8, 4) is 0 Å². The third-order valence-corrected chi connectivity index (χ3v) is 6.17. The molecular weight excluding hydrogens is 397 g/mol. The van der Waals surface area contributed by atoms with Crippen LogP contribution >= 0.6 is 0 Å². The Morgan fingerprint density at radius 1 is 1.06 bits per heavy atom. The highest BCUT2D eigenvalue weighted by atomic mass is 19.1. The highest BCUT2D eigenvalue weighted by Crippen LogP contribution is 2.35. The van der Waals surface area contributed by atoms with Gasteiger partial charge in [-0.3, -0.25) is 18.7 Å². The summed E-state index contributed by atoms with van der Waals surface area (Å²) in [5.41, 5.74) is 0.449. The minimum atomic E-state index is -0.499. The topological polar surface area (TPSA) is 73.1 Å². The van der Waals surface area contributed by atoms with E-state index in [4.69, 9.17) is 0 Å². The molecule has 1 aliphatic rings. The van der Waals surface area contributed by atoms with E-state index in [1.54, 1.807) is 43.3 Å². The van der Waals surface area contributed by atoms with Gasteiger partial charge >= 0.3 is 5.69 Å². The van der Waals surface area contributed by atoms with Crippen molar-refractivity contribution in [1.29, 1.82) is 0 Å². The molecule has 1 fully saturated rings. The van der Waals surface area contributed by atoms with Crippen LogP contribution in [-0.2, 0) is 17.9 Å². The number of hydrogen-bond donors (Lipinski definition) is 1. The highest BCUT2D eigenvalue weighted by molar-refractivity contribution is 5.81. The number of carbonyl (C=O) groups excluding carboxylic acids is 1. The highest BCUT2D eigenvalue weighted by Gasteiger charge is 2.28. The lowest BCUT2D eigenvalue weighted by Gasteiger charge is -2.25. The van der Waals surface area contributed by atoms with E-state index in [1.807, 2.05) is 0 Å². The molecule has 1 N–H and O–H groups in total. The Morgan fingerprint density at radius 2 is 1.74 bits per heavy atom. The van der Waals surface area contributed by atoms with Gasteiger partial charge in [-0.2, -0.15) is 0 Å². The zero-order chi connectivity index (χ0) is 22.0. The van der Waals surface area contributed by atoms with E-state index in [-0.39, 0.29) is 42.3 Å².